The van der Waals surface area contributed by atoms with Crippen LogP contribution in [0, 0.1) is 6.92 Å². The number of esters is 1. The van der Waals surface area contributed by atoms with E-state index in [-0.39, 0.29) is 17.6 Å². The number of anilines is 1. The zero-order valence-electron chi connectivity index (χ0n) is 19.8. The van der Waals surface area contributed by atoms with Gasteiger partial charge in [0.05, 0.1) is 18.4 Å². The van der Waals surface area contributed by atoms with E-state index in [1.54, 1.807) is 0 Å². The monoisotopic (exact) mass is 498 g/mol. The lowest BCUT2D eigenvalue weighted by atomic mass is 9.96. The molecule has 34 heavy (non-hydrogen) atoms. The van der Waals surface area contributed by atoms with Crippen LogP contribution in [-0.2, 0) is 28.9 Å². The second-order valence-corrected chi connectivity index (χ2v) is 10.4. The number of thiophene rings is 1. The van der Waals surface area contributed by atoms with Gasteiger partial charge in [-0.25, -0.2) is 4.79 Å². The minimum atomic E-state index is -0.380. The van der Waals surface area contributed by atoms with E-state index >= 15 is 0 Å². The molecule has 3 aromatic rings. The molecular formula is C25H30N4O3S2. The summed E-state index contributed by atoms with van der Waals surface area (Å²) in [7, 11) is 1.39. The number of hydrogen-bond acceptors (Lipinski definition) is 7. The van der Waals surface area contributed by atoms with E-state index in [0.29, 0.717) is 22.3 Å². The number of aryl methyl sites for hydroxylation is 2. The van der Waals surface area contributed by atoms with Gasteiger partial charge in [0.2, 0.25) is 5.91 Å². The molecule has 0 spiro atoms. The third-order valence-electron chi connectivity index (χ3n) is 5.96. The average molecular weight is 499 g/mol. The molecule has 0 saturated carbocycles. The number of methoxy groups -OCH3 is 1. The smallest absolute Gasteiger partial charge is 0.341 e. The van der Waals surface area contributed by atoms with Crippen LogP contribution in [0.4, 0.5) is 5.00 Å². The zero-order chi connectivity index (χ0) is 24.1. The summed E-state index contributed by atoms with van der Waals surface area (Å²) < 4.78 is 7.07. The van der Waals surface area contributed by atoms with E-state index in [1.165, 1.54) is 41.5 Å². The Kier molecular flexibility index (Phi) is 8.05. The van der Waals surface area contributed by atoms with Crippen molar-refractivity contribution in [3.05, 3.63) is 45.8 Å². The molecule has 7 nitrogen and oxygen atoms in total. The topological polar surface area (TPSA) is 86.1 Å². The molecule has 1 aliphatic rings. The third kappa shape index (κ3) is 5.36. The molecule has 0 atom stereocenters. The van der Waals surface area contributed by atoms with Crippen LogP contribution in [0.3, 0.4) is 0 Å². The lowest BCUT2D eigenvalue weighted by Crippen LogP contribution is -2.17. The van der Waals surface area contributed by atoms with Gasteiger partial charge < -0.3 is 14.6 Å². The van der Waals surface area contributed by atoms with Gasteiger partial charge in [-0.05, 0) is 51.2 Å². The number of ether oxygens (including phenoxy) is 1. The largest absolute Gasteiger partial charge is 0.465 e. The highest BCUT2D eigenvalue weighted by atomic mass is 32.2. The Balaban J connectivity index is 1.50. The summed E-state index contributed by atoms with van der Waals surface area (Å²) in [4.78, 5) is 26.7. The molecule has 0 fully saturated rings. The van der Waals surface area contributed by atoms with Crippen LogP contribution in [0.2, 0.25) is 0 Å². The van der Waals surface area contributed by atoms with Crippen molar-refractivity contribution in [1.29, 1.82) is 0 Å². The fourth-order valence-corrected chi connectivity index (χ4v) is 6.39. The van der Waals surface area contributed by atoms with Gasteiger partial charge in [0.1, 0.15) is 5.00 Å². The maximum Gasteiger partial charge on any atom is 0.341 e. The van der Waals surface area contributed by atoms with Crippen LogP contribution in [-0.4, -0.2) is 39.5 Å². The molecule has 2 heterocycles. The summed E-state index contributed by atoms with van der Waals surface area (Å²) in [5.41, 5.74) is 3.74. The van der Waals surface area contributed by atoms with Crippen molar-refractivity contribution in [3.8, 4) is 11.4 Å². The molecule has 0 bridgehead atoms. The molecule has 1 N–H and O–H groups in total. The molecule has 9 heteroatoms. The highest BCUT2D eigenvalue weighted by Crippen LogP contribution is 2.37. The predicted molar refractivity (Wildman–Crippen MR) is 137 cm³/mol. The molecule has 1 amide bonds. The Morgan fingerprint density at radius 1 is 1.18 bits per heavy atom. The van der Waals surface area contributed by atoms with E-state index in [1.807, 2.05) is 36.6 Å². The summed E-state index contributed by atoms with van der Waals surface area (Å²) in [6, 6.07) is 8.14. The fourth-order valence-electron chi connectivity index (χ4n) is 4.30. The fraction of sp³-hybridized carbons (Fsp3) is 0.440. The molecule has 0 unspecified atom stereocenters. The summed E-state index contributed by atoms with van der Waals surface area (Å²) in [6.45, 7) is 4.78. The number of rotatable bonds is 7. The molecule has 0 aliphatic heterocycles. The van der Waals surface area contributed by atoms with E-state index in [0.717, 1.165) is 54.6 Å². The molecule has 180 valence electrons. The van der Waals surface area contributed by atoms with Crippen molar-refractivity contribution in [1.82, 2.24) is 14.8 Å². The van der Waals surface area contributed by atoms with Gasteiger partial charge in [0, 0.05) is 17.0 Å². The second-order valence-electron chi connectivity index (χ2n) is 8.37. The molecule has 4 rings (SSSR count). The van der Waals surface area contributed by atoms with Crippen molar-refractivity contribution < 1.29 is 14.3 Å². The Labute approximate surface area is 208 Å². The van der Waals surface area contributed by atoms with Gasteiger partial charge in [-0.2, -0.15) is 0 Å². The van der Waals surface area contributed by atoms with Crippen LogP contribution >= 0.6 is 23.1 Å². The van der Waals surface area contributed by atoms with Crippen LogP contribution in [0.5, 0.6) is 0 Å². The van der Waals surface area contributed by atoms with Gasteiger partial charge in [-0.1, -0.05) is 48.4 Å². The molecule has 1 aliphatic carbocycles. The van der Waals surface area contributed by atoms with Gasteiger partial charge in [0.25, 0.3) is 0 Å². The quantitative estimate of drug-likeness (QED) is 0.341. The number of fused-ring (bicyclic) bond motifs is 1. The van der Waals surface area contributed by atoms with Crippen molar-refractivity contribution in [2.75, 3.05) is 18.2 Å². The van der Waals surface area contributed by atoms with Crippen molar-refractivity contribution in [3.63, 3.8) is 0 Å². The van der Waals surface area contributed by atoms with E-state index in [2.05, 4.69) is 21.6 Å². The summed E-state index contributed by atoms with van der Waals surface area (Å²) in [5, 5.41) is 13.0. The minimum absolute atomic E-state index is 0.174. The summed E-state index contributed by atoms with van der Waals surface area (Å²) in [6.07, 6.45) is 6.31. The van der Waals surface area contributed by atoms with Gasteiger partial charge in [-0.15, -0.1) is 21.5 Å². The first-order valence-corrected chi connectivity index (χ1v) is 13.5. The van der Waals surface area contributed by atoms with Crippen LogP contribution in [0.15, 0.2) is 29.4 Å². The van der Waals surface area contributed by atoms with E-state index in [4.69, 9.17) is 4.74 Å². The predicted octanol–water partition coefficient (Wildman–Crippen LogP) is 5.51. The molecule has 2 aromatic heterocycles. The van der Waals surface area contributed by atoms with Crippen LogP contribution in [0.25, 0.3) is 11.4 Å². The first-order chi connectivity index (χ1) is 16.5. The van der Waals surface area contributed by atoms with Crippen LogP contribution < -0.4 is 5.32 Å². The highest BCUT2D eigenvalue weighted by molar-refractivity contribution is 7.99. The Morgan fingerprint density at radius 3 is 2.71 bits per heavy atom. The number of carbonyl (C=O) groups is 2. The number of hydrogen-bond donors (Lipinski definition) is 1. The van der Waals surface area contributed by atoms with Crippen molar-refractivity contribution >= 4 is 40.0 Å². The summed E-state index contributed by atoms with van der Waals surface area (Å²) >= 11 is 2.86. The molecule has 0 saturated heterocycles. The third-order valence-corrected chi connectivity index (χ3v) is 8.13. The number of aromatic nitrogens is 3. The first kappa shape index (κ1) is 24.5. The van der Waals surface area contributed by atoms with Crippen molar-refractivity contribution in [2.24, 2.45) is 0 Å². The van der Waals surface area contributed by atoms with Gasteiger partial charge in [-0.3, -0.25) is 4.79 Å². The maximum absolute atomic E-state index is 12.9. The lowest BCUT2D eigenvalue weighted by Gasteiger charge is -2.11. The Hall–Kier alpha value is -2.65. The standard InChI is InChI=1S/C25H30N4O3S2/c1-4-29-22(17-11-9-10-16(2)14-17)27-28-25(29)33-15-20(30)26-23-21(24(31)32-3)18-12-7-5-6-8-13-19(18)34-23/h9-11,14H,4-8,12-13,15H2,1-3H3,(H,26,30). The van der Waals surface area contributed by atoms with Crippen LogP contribution in [0.1, 0.15) is 59.0 Å². The number of benzene rings is 1. The van der Waals surface area contributed by atoms with E-state index < -0.39 is 0 Å². The molecular weight excluding hydrogens is 468 g/mol. The van der Waals surface area contributed by atoms with Gasteiger partial charge in [0.15, 0.2) is 11.0 Å². The number of amides is 1. The zero-order valence-corrected chi connectivity index (χ0v) is 21.5. The average Bonchev–Trinajstić information content (AvgIpc) is 3.37. The molecule has 0 radical (unpaired) electrons. The van der Waals surface area contributed by atoms with Crippen molar-refractivity contribution in [2.45, 2.75) is 64.1 Å². The number of nitrogens with zero attached hydrogens (tertiary/aromatic N) is 3. The molecule has 1 aromatic carbocycles. The SMILES string of the molecule is CCn1c(SCC(=O)Nc2sc3c(c2C(=O)OC)CCCCCC3)nnc1-c1cccc(C)c1. The first-order valence-electron chi connectivity index (χ1n) is 11.7. The number of carbonyl (C=O) groups excluding carboxylic acids is 2. The normalized spacial score (nSPS) is 13.6. The summed E-state index contributed by atoms with van der Waals surface area (Å²) in [5.74, 6) is 0.414. The number of thioether (sulfide) groups is 1. The minimum Gasteiger partial charge on any atom is -0.465 e. The lowest BCUT2D eigenvalue weighted by molar-refractivity contribution is -0.113. The van der Waals surface area contributed by atoms with E-state index in [9.17, 15) is 9.59 Å². The van der Waals surface area contributed by atoms with Gasteiger partial charge >= 0.3 is 5.97 Å². The Morgan fingerprint density at radius 2 is 1.97 bits per heavy atom. The number of nitrogens with one attached hydrogen (secondary N) is 1. The highest BCUT2D eigenvalue weighted by Gasteiger charge is 2.26. The Bertz CT molecular complexity index is 1190. The second kappa shape index (κ2) is 11.2. The maximum atomic E-state index is 12.9.